The van der Waals surface area contributed by atoms with Crippen molar-refractivity contribution in [2.45, 2.75) is 12.8 Å². The van der Waals surface area contributed by atoms with E-state index in [1.807, 2.05) is 0 Å². The summed E-state index contributed by atoms with van der Waals surface area (Å²) in [5, 5.41) is 0. The lowest BCUT2D eigenvalue weighted by molar-refractivity contribution is -0.137. The summed E-state index contributed by atoms with van der Waals surface area (Å²) in [6.07, 6.45) is -1.74. The first-order valence-corrected chi connectivity index (χ1v) is 9.56. The second kappa shape index (κ2) is 9.96. The van der Waals surface area contributed by atoms with E-state index in [1.54, 1.807) is 48.5 Å². The van der Waals surface area contributed by atoms with Gasteiger partial charge in [0, 0.05) is 5.56 Å². The molecule has 7 heteroatoms. The van der Waals surface area contributed by atoms with Crippen molar-refractivity contribution in [3.63, 3.8) is 0 Å². The van der Waals surface area contributed by atoms with E-state index in [-0.39, 0.29) is 5.56 Å². The van der Waals surface area contributed by atoms with Gasteiger partial charge in [0.05, 0.1) is 18.2 Å². The van der Waals surface area contributed by atoms with Gasteiger partial charge in [0.1, 0.15) is 12.4 Å². The van der Waals surface area contributed by atoms with Crippen LogP contribution in [0.2, 0.25) is 0 Å². The fourth-order valence-corrected chi connectivity index (χ4v) is 2.81. The number of alkyl halides is 3. The molecule has 4 nitrogen and oxygen atoms in total. The second-order valence-electron chi connectivity index (χ2n) is 6.82. The Morgan fingerprint density at radius 3 is 2.22 bits per heavy atom. The van der Waals surface area contributed by atoms with Crippen molar-refractivity contribution in [3.8, 4) is 5.75 Å². The summed E-state index contributed by atoms with van der Waals surface area (Å²) in [6.45, 7) is 0.296. The zero-order valence-corrected chi connectivity index (χ0v) is 17.1. The van der Waals surface area contributed by atoms with Crippen LogP contribution >= 0.6 is 0 Å². The summed E-state index contributed by atoms with van der Waals surface area (Å²) < 4.78 is 48.7. The molecule has 0 atom stereocenters. The molecule has 0 aliphatic rings. The number of ether oxygens (including phenoxy) is 2. The molecule has 0 amide bonds. The number of carbonyl (C=O) groups is 2. The van der Waals surface area contributed by atoms with Crippen LogP contribution in [-0.4, -0.2) is 18.9 Å². The number of hydrogen-bond donors (Lipinski definition) is 0. The molecular weight excluding hydrogens is 421 g/mol. The van der Waals surface area contributed by atoms with Crippen LogP contribution in [-0.2, 0) is 17.5 Å². The number of hydrogen-bond acceptors (Lipinski definition) is 4. The van der Waals surface area contributed by atoms with Crippen molar-refractivity contribution in [2.75, 3.05) is 7.11 Å². The maximum atomic E-state index is 12.8. The van der Waals surface area contributed by atoms with Gasteiger partial charge < -0.3 is 9.47 Å². The highest BCUT2D eigenvalue weighted by Crippen LogP contribution is 2.29. The van der Waals surface area contributed by atoms with Gasteiger partial charge in [-0.25, -0.2) is 4.79 Å². The van der Waals surface area contributed by atoms with Gasteiger partial charge in [-0.05, 0) is 53.6 Å². The Bertz CT molecular complexity index is 1120. The van der Waals surface area contributed by atoms with E-state index in [4.69, 9.17) is 4.74 Å². The van der Waals surface area contributed by atoms with Gasteiger partial charge in [-0.3, -0.25) is 4.79 Å². The minimum Gasteiger partial charge on any atom is -0.489 e. The first-order valence-electron chi connectivity index (χ1n) is 9.56. The van der Waals surface area contributed by atoms with Crippen molar-refractivity contribution < 1.29 is 32.2 Å². The summed E-state index contributed by atoms with van der Waals surface area (Å²) >= 11 is 0. The van der Waals surface area contributed by atoms with Crippen LogP contribution in [0.5, 0.6) is 5.75 Å². The molecule has 0 unspecified atom stereocenters. The molecule has 0 aliphatic heterocycles. The summed E-state index contributed by atoms with van der Waals surface area (Å²) in [4.78, 5) is 23.6. The second-order valence-corrected chi connectivity index (χ2v) is 6.82. The number of ketones is 1. The molecule has 0 N–H and O–H groups in total. The lowest BCUT2D eigenvalue weighted by Gasteiger charge is -2.07. The fourth-order valence-electron chi connectivity index (χ4n) is 2.81. The quantitative estimate of drug-likeness (QED) is 0.258. The van der Waals surface area contributed by atoms with Crippen LogP contribution < -0.4 is 4.74 Å². The van der Waals surface area contributed by atoms with Gasteiger partial charge in [0.2, 0.25) is 0 Å². The predicted octanol–water partition coefficient (Wildman–Crippen LogP) is 5.97. The highest BCUT2D eigenvalue weighted by atomic mass is 19.4. The monoisotopic (exact) mass is 440 g/mol. The average molecular weight is 440 g/mol. The Kier molecular flexibility index (Phi) is 7.10. The van der Waals surface area contributed by atoms with Gasteiger partial charge in [-0.2, -0.15) is 13.2 Å². The van der Waals surface area contributed by atoms with Gasteiger partial charge in [0.25, 0.3) is 0 Å². The Morgan fingerprint density at radius 1 is 0.906 bits per heavy atom. The van der Waals surface area contributed by atoms with Gasteiger partial charge in [-0.15, -0.1) is 0 Å². The zero-order chi connectivity index (χ0) is 23.1. The molecule has 0 aromatic heterocycles. The number of benzene rings is 3. The van der Waals surface area contributed by atoms with Gasteiger partial charge in [0.15, 0.2) is 5.78 Å². The Labute approximate surface area is 182 Å². The lowest BCUT2D eigenvalue weighted by atomic mass is 10.1. The van der Waals surface area contributed by atoms with E-state index in [0.717, 1.165) is 17.7 Å². The molecule has 0 saturated heterocycles. The minimum absolute atomic E-state index is 0.0331. The largest absolute Gasteiger partial charge is 0.489 e. The van der Waals surface area contributed by atoms with Crippen molar-refractivity contribution in [3.05, 3.63) is 107 Å². The summed E-state index contributed by atoms with van der Waals surface area (Å²) in [6, 6.07) is 18.0. The van der Waals surface area contributed by atoms with E-state index in [2.05, 4.69) is 4.74 Å². The average Bonchev–Trinajstić information content (AvgIpc) is 2.81. The third-order valence-electron chi connectivity index (χ3n) is 4.56. The van der Waals surface area contributed by atoms with Gasteiger partial charge >= 0.3 is 12.1 Å². The first-order chi connectivity index (χ1) is 15.3. The third-order valence-corrected chi connectivity index (χ3v) is 4.56. The SMILES string of the molecule is COC(=O)c1ccc(COc2ccc(C=CC(=O)c3cccc(C(F)(F)F)c3)cc2)cc1. The topological polar surface area (TPSA) is 52.6 Å². The molecule has 0 saturated carbocycles. The summed E-state index contributed by atoms with van der Waals surface area (Å²) in [7, 11) is 1.32. The van der Waals surface area contributed by atoms with E-state index in [9.17, 15) is 22.8 Å². The summed E-state index contributed by atoms with van der Waals surface area (Å²) in [5.41, 5.74) is 1.12. The maximum Gasteiger partial charge on any atom is 0.416 e. The number of rotatable bonds is 7. The highest BCUT2D eigenvalue weighted by Gasteiger charge is 2.30. The normalized spacial score (nSPS) is 11.4. The van der Waals surface area contributed by atoms with E-state index < -0.39 is 23.5 Å². The molecule has 0 bridgehead atoms. The fraction of sp³-hybridized carbons (Fsp3) is 0.120. The molecule has 0 heterocycles. The zero-order valence-electron chi connectivity index (χ0n) is 17.1. The third kappa shape index (κ3) is 6.07. The first kappa shape index (κ1) is 22.8. The van der Waals surface area contributed by atoms with Crippen LogP contribution in [0.3, 0.4) is 0 Å². The van der Waals surface area contributed by atoms with Crippen molar-refractivity contribution in [1.82, 2.24) is 0 Å². The molecular formula is C25H19F3O4. The lowest BCUT2D eigenvalue weighted by Crippen LogP contribution is -2.06. The smallest absolute Gasteiger partial charge is 0.416 e. The molecule has 0 radical (unpaired) electrons. The molecule has 0 aliphatic carbocycles. The highest BCUT2D eigenvalue weighted by molar-refractivity contribution is 6.06. The number of esters is 1. The number of methoxy groups -OCH3 is 1. The summed E-state index contributed by atoms with van der Waals surface area (Å²) in [5.74, 6) is -0.331. The molecule has 0 fully saturated rings. The van der Waals surface area contributed by atoms with Crippen LogP contribution in [0.15, 0.2) is 78.9 Å². The molecule has 0 spiro atoms. The van der Waals surface area contributed by atoms with E-state index >= 15 is 0 Å². The molecule has 32 heavy (non-hydrogen) atoms. The molecule has 3 aromatic carbocycles. The number of allylic oxidation sites excluding steroid dienone is 1. The Balaban J connectivity index is 1.58. The Hall–Kier alpha value is -3.87. The van der Waals surface area contributed by atoms with Gasteiger partial charge in [-0.1, -0.05) is 42.5 Å². The molecule has 3 rings (SSSR count). The predicted molar refractivity (Wildman–Crippen MR) is 113 cm³/mol. The van der Waals surface area contributed by atoms with Crippen molar-refractivity contribution >= 4 is 17.8 Å². The van der Waals surface area contributed by atoms with E-state index in [1.165, 1.54) is 31.4 Å². The van der Waals surface area contributed by atoms with Crippen LogP contribution in [0.25, 0.3) is 6.08 Å². The number of carbonyl (C=O) groups excluding carboxylic acids is 2. The molecule has 3 aromatic rings. The van der Waals surface area contributed by atoms with Crippen LogP contribution in [0, 0.1) is 0 Å². The van der Waals surface area contributed by atoms with Crippen molar-refractivity contribution in [1.29, 1.82) is 0 Å². The standard InChI is InChI=1S/C25H19F3O4/c1-31-24(30)19-10-5-18(6-11-19)16-32-22-12-7-17(8-13-22)9-14-23(29)20-3-2-4-21(15-20)25(26,27)28/h2-15H,16H2,1H3. The minimum atomic E-state index is -4.50. The Morgan fingerprint density at radius 2 is 1.59 bits per heavy atom. The van der Waals surface area contributed by atoms with E-state index in [0.29, 0.717) is 23.5 Å². The number of halogens is 3. The van der Waals surface area contributed by atoms with Crippen LogP contribution in [0.4, 0.5) is 13.2 Å². The maximum absolute atomic E-state index is 12.8. The van der Waals surface area contributed by atoms with Crippen LogP contribution in [0.1, 0.15) is 37.4 Å². The van der Waals surface area contributed by atoms with Crippen molar-refractivity contribution in [2.24, 2.45) is 0 Å². The molecule has 164 valence electrons.